The lowest BCUT2D eigenvalue weighted by Gasteiger charge is -2.13. The van der Waals surface area contributed by atoms with Gasteiger partial charge in [-0.25, -0.2) is 20.4 Å². The van der Waals surface area contributed by atoms with E-state index in [1.165, 1.54) is 66.8 Å². The zero-order valence-electron chi connectivity index (χ0n) is 20.6. The average molecular weight is 493 g/mol. The molecule has 2 aliphatic rings. The normalized spacial score (nSPS) is 11.2. The molecule has 0 fully saturated rings. The molecule has 0 saturated heterocycles. The van der Waals surface area contributed by atoms with E-state index in [4.69, 9.17) is 20.4 Å². The summed E-state index contributed by atoms with van der Waals surface area (Å²) < 4.78 is 0. The highest BCUT2D eigenvalue weighted by molar-refractivity contribution is 5.88. The summed E-state index contributed by atoms with van der Waals surface area (Å²) in [6.45, 7) is 0. The van der Waals surface area contributed by atoms with Gasteiger partial charge in [-0.1, -0.05) is 103 Å². The number of fused-ring (bicyclic) bond motifs is 6. The first-order valence-electron chi connectivity index (χ1n) is 12.3. The molecule has 5 aromatic rings. The number of hydrogen-bond acceptors (Lipinski definition) is 4. The third-order valence-electron chi connectivity index (χ3n) is 7.19. The van der Waals surface area contributed by atoms with Crippen LogP contribution in [0.25, 0.3) is 44.5 Å². The third-order valence-corrected chi connectivity index (χ3v) is 7.19. The minimum Gasteiger partial charge on any atom is -0.222 e. The highest BCUT2D eigenvalue weighted by atomic mass is 16.1. The smallest absolute Gasteiger partial charge is 0.222 e. The van der Waals surface area contributed by atoms with E-state index in [9.17, 15) is 0 Å². The first-order valence-corrected chi connectivity index (χ1v) is 12.3. The number of rotatable bonds is 2. The van der Waals surface area contributed by atoms with Gasteiger partial charge < -0.3 is 0 Å². The Labute approximate surface area is 221 Å². The number of carbonyl (C=O) groups excluding carboxylic acids is 2. The lowest BCUT2D eigenvalue weighted by molar-refractivity contribution is 0.562. The van der Waals surface area contributed by atoms with Gasteiger partial charge in [-0.2, -0.15) is 0 Å². The van der Waals surface area contributed by atoms with Crippen LogP contribution in [0.1, 0.15) is 22.3 Å². The van der Waals surface area contributed by atoms with E-state index in [1.807, 2.05) is 0 Å². The fraction of sp³-hybridized carbons (Fsp3) is 0.0588. The maximum absolute atomic E-state index is 8.35. The highest BCUT2D eigenvalue weighted by Crippen LogP contribution is 2.44. The molecular weight excluding hydrogens is 468 g/mol. The van der Waals surface area contributed by atoms with Crippen molar-refractivity contribution in [2.75, 3.05) is 0 Å². The van der Waals surface area contributed by atoms with Crippen LogP contribution in [-0.2, 0) is 22.4 Å². The molecule has 0 unspecified atom stereocenters. The van der Waals surface area contributed by atoms with Crippen LogP contribution in [0.2, 0.25) is 0 Å². The summed E-state index contributed by atoms with van der Waals surface area (Å²) >= 11 is 0. The highest BCUT2D eigenvalue weighted by Gasteiger charge is 2.23. The summed E-state index contributed by atoms with van der Waals surface area (Å²) in [5, 5.41) is 10.8. The van der Waals surface area contributed by atoms with Crippen LogP contribution in [0.3, 0.4) is 0 Å². The van der Waals surface area contributed by atoms with Crippen LogP contribution in [0.4, 0.5) is 0 Å². The van der Waals surface area contributed by atoms with Crippen LogP contribution >= 0.6 is 0 Å². The molecule has 0 spiro atoms. The Hall–Kier alpha value is -5.14. The van der Waals surface area contributed by atoms with Crippen molar-refractivity contribution >= 4 is 12.2 Å². The molecule has 7 rings (SSSR count). The zero-order chi connectivity index (χ0) is 26.5. The second-order valence-electron chi connectivity index (χ2n) is 9.12. The summed E-state index contributed by atoms with van der Waals surface area (Å²) in [5.41, 5.74) is 16.7. The van der Waals surface area contributed by atoms with E-state index >= 15 is 0 Å². The molecule has 0 radical (unpaired) electrons. The Bertz CT molecular complexity index is 1600. The lowest BCUT2D eigenvalue weighted by atomic mass is 9.91. The van der Waals surface area contributed by atoms with E-state index in [1.54, 1.807) is 0 Å². The van der Waals surface area contributed by atoms with Gasteiger partial charge in [0.1, 0.15) is 0 Å². The Balaban J connectivity index is 0.000000451. The van der Waals surface area contributed by atoms with Crippen molar-refractivity contribution in [1.29, 1.82) is 10.8 Å². The van der Waals surface area contributed by atoms with Gasteiger partial charge in [-0.3, -0.25) is 0 Å². The molecule has 0 bridgehead atoms. The molecule has 38 heavy (non-hydrogen) atoms. The van der Waals surface area contributed by atoms with E-state index in [0.29, 0.717) is 0 Å². The van der Waals surface area contributed by atoms with Crippen molar-refractivity contribution < 1.29 is 9.59 Å². The predicted molar refractivity (Wildman–Crippen MR) is 151 cm³/mol. The van der Waals surface area contributed by atoms with Crippen molar-refractivity contribution in [2.24, 2.45) is 0 Å². The molecule has 0 atom stereocenters. The van der Waals surface area contributed by atoms with Crippen LogP contribution < -0.4 is 0 Å². The maximum atomic E-state index is 8.35. The van der Waals surface area contributed by atoms with E-state index < -0.39 is 0 Å². The number of isocyanates is 2. The largest absolute Gasteiger partial charge is 0.231 e. The van der Waals surface area contributed by atoms with Crippen molar-refractivity contribution in [3.8, 4) is 44.5 Å². The fourth-order valence-electron chi connectivity index (χ4n) is 5.71. The summed E-state index contributed by atoms with van der Waals surface area (Å²) in [7, 11) is 0. The summed E-state index contributed by atoms with van der Waals surface area (Å²) in [4.78, 5) is 16.7. The first-order chi connectivity index (χ1) is 18.7. The van der Waals surface area contributed by atoms with Gasteiger partial charge in [-0.15, -0.1) is 0 Å². The Morgan fingerprint density at radius 2 is 0.789 bits per heavy atom. The second kappa shape index (κ2) is 10.9. The molecular formula is C34H24N2O2. The van der Waals surface area contributed by atoms with Gasteiger partial charge in [0.2, 0.25) is 12.2 Å². The SMILES string of the molecule is N=C=O.N=C=O.c1cc(-c2cccc3c2Cc2ccccc2-3)cc(-c2cccc3c2Cc2ccccc2-3)c1. The second-order valence-corrected chi connectivity index (χ2v) is 9.12. The minimum atomic E-state index is 0.750. The van der Waals surface area contributed by atoms with Crippen molar-refractivity contribution in [2.45, 2.75) is 12.8 Å². The van der Waals surface area contributed by atoms with Gasteiger partial charge in [-0.05, 0) is 85.7 Å². The minimum absolute atomic E-state index is 0.750. The fourth-order valence-corrected chi connectivity index (χ4v) is 5.71. The molecule has 5 aromatic carbocycles. The molecule has 0 amide bonds. The predicted octanol–water partition coefficient (Wildman–Crippen LogP) is 7.96. The molecule has 0 aliphatic heterocycles. The van der Waals surface area contributed by atoms with Crippen LogP contribution in [0.15, 0.2) is 109 Å². The van der Waals surface area contributed by atoms with Gasteiger partial charge >= 0.3 is 0 Å². The summed E-state index contributed by atoms with van der Waals surface area (Å²) in [5.74, 6) is 0. The molecule has 0 saturated carbocycles. The van der Waals surface area contributed by atoms with Crippen molar-refractivity contribution in [3.63, 3.8) is 0 Å². The van der Waals surface area contributed by atoms with Crippen LogP contribution in [0, 0.1) is 10.8 Å². The number of nitrogens with one attached hydrogen (secondary N) is 2. The van der Waals surface area contributed by atoms with Gasteiger partial charge in [0, 0.05) is 0 Å². The van der Waals surface area contributed by atoms with E-state index in [2.05, 4.69) is 109 Å². The monoisotopic (exact) mass is 492 g/mol. The Morgan fingerprint density at radius 3 is 1.24 bits per heavy atom. The molecule has 0 heterocycles. The molecule has 4 nitrogen and oxygen atoms in total. The van der Waals surface area contributed by atoms with Gasteiger partial charge in [0.25, 0.3) is 0 Å². The molecule has 4 heteroatoms. The Morgan fingerprint density at radius 1 is 0.447 bits per heavy atom. The maximum Gasteiger partial charge on any atom is 0.231 e. The molecule has 182 valence electrons. The third kappa shape index (κ3) is 4.42. The van der Waals surface area contributed by atoms with Crippen molar-refractivity contribution in [3.05, 3.63) is 131 Å². The van der Waals surface area contributed by atoms with Crippen molar-refractivity contribution in [1.82, 2.24) is 0 Å². The quantitative estimate of drug-likeness (QED) is 0.190. The topological polar surface area (TPSA) is 81.8 Å². The zero-order valence-corrected chi connectivity index (χ0v) is 20.6. The van der Waals surface area contributed by atoms with Gasteiger partial charge in [0.05, 0.1) is 0 Å². The Kier molecular flexibility index (Phi) is 7.02. The van der Waals surface area contributed by atoms with Crippen LogP contribution in [0.5, 0.6) is 0 Å². The average Bonchev–Trinajstić information content (AvgIpc) is 3.52. The van der Waals surface area contributed by atoms with E-state index in [0.717, 1.165) is 25.0 Å². The van der Waals surface area contributed by atoms with Gasteiger partial charge in [0.15, 0.2) is 0 Å². The number of benzene rings is 5. The number of hydrogen-bond donors (Lipinski definition) is 2. The summed E-state index contributed by atoms with van der Waals surface area (Å²) in [6, 6.07) is 40.3. The molecule has 2 aliphatic carbocycles. The molecule has 2 N–H and O–H groups in total. The van der Waals surface area contributed by atoms with Crippen LogP contribution in [-0.4, -0.2) is 12.2 Å². The lowest BCUT2D eigenvalue weighted by Crippen LogP contribution is -1.91. The summed E-state index contributed by atoms with van der Waals surface area (Å²) in [6.07, 6.45) is 3.53. The first kappa shape index (κ1) is 24.5. The van der Waals surface area contributed by atoms with E-state index in [-0.39, 0.29) is 0 Å². The standard InChI is InChI=1S/C32H22.2CHNO/c1-3-12-25-23(8-1)19-31-27(14-6-16-29(25)31)21-10-5-11-22(18-21)28-15-7-17-30-26-13-4-2-9-24(26)20-32(28)30;2*2-1-3/h1-18H,19-20H2;2*2H. The molecule has 0 aromatic heterocycles.